The minimum Gasteiger partial charge on any atom is -0.365 e. The highest BCUT2D eigenvalue weighted by Crippen LogP contribution is 2.14. The maximum atomic E-state index is 12.6. The largest absolute Gasteiger partial charge is 0.365 e. The minimum absolute atomic E-state index is 0.227. The Labute approximate surface area is 147 Å². The summed E-state index contributed by atoms with van der Waals surface area (Å²) in [6.45, 7) is 4.58. The molecule has 128 valence electrons. The summed E-state index contributed by atoms with van der Waals surface area (Å²) in [4.78, 5) is 12.9. The number of hydrogen-bond acceptors (Lipinski definition) is 3. The van der Waals surface area contributed by atoms with Crippen LogP contribution in [0, 0.1) is 19.3 Å². The Bertz CT molecular complexity index is 648. The van der Waals surface area contributed by atoms with E-state index in [0.29, 0.717) is 17.1 Å². The van der Waals surface area contributed by atoms with Crippen LogP contribution in [0.2, 0.25) is 0 Å². The van der Waals surface area contributed by atoms with Crippen LogP contribution >= 0.6 is 0 Å². The van der Waals surface area contributed by atoms with Crippen molar-refractivity contribution in [3.8, 4) is 12.3 Å². The molecule has 0 radical (unpaired) electrons. The Balaban J connectivity index is 2.85. The van der Waals surface area contributed by atoms with Crippen LogP contribution in [0.4, 0.5) is 0 Å². The van der Waals surface area contributed by atoms with Gasteiger partial charge < -0.3 is 4.74 Å². The van der Waals surface area contributed by atoms with Crippen LogP contribution < -0.4 is 0 Å². The molecule has 0 aliphatic carbocycles. The van der Waals surface area contributed by atoms with E-state index in [0.717, 1.165) is 24.8 Å². The maximum absolute atomic E-state index is 12.6. The van der Waals surface area contributed by atoms with Crippen molar-refractivity contribution in [2.24, 2.45) is 0 Å². The molecule has 4 heteroatoms. The summed E-state index contributed by atoms with van der Waals surface area (Å²) in [5, 5.41) is -0.382. The van der Waals surface area contributed by atoms with Crippen molar-refractivity contribution >= 4 is 15.9 Å². The van der Waals surface area contributed by atoms with Gasteiger partial charge in [0, 0.05) is 10.5 Å². The quantitative estimate of drug-likeness (QED) is 0.384. The number of allylic oxidation sites excluding steroid dienone is 2. The molecule has 0 fully saturated rings. The molecule has 1 unspecified atom stereocenters. The highest BCUT2D eigenvalue weighted by Gasteiger charge is 2.17. The van der Waals surface area contributed by atoms with Gasteiger partial charge in [-0.25, -0.2) is 4.21 Å². The molecule has 24 heavy (non-hydrogen) atoms. The van der Waals surface area contributed by atoms with E-state index in [1.807, 2.05) is 25.1 Å². The average Bonchev–Trinajstić information content (AvgIpc) is 2.59. The Hall–Kier alpha value is -1.96. The molecule has 0 aliphatic heterocycles. The Morgan fingerprint density at radius 3 is 2.67 bits per heavy atom. The van der Waals surface area contributed by atoms with E-state index in [-0.39, 0.29) is 11.7 Å². The van der Waals surface area contributed by atoms with Gasteiger partial charge in [0.05, 0.1) is 6.61 Å². The molecule has 1 aromatic rings. The first-order valence-electron chi connectivity index (χ1n) is 8.00. The van der Waals surface area contributed by atoms with Crippen LogP contribution in [0.15, 0.2) is 47.4 Å². The van der Waals surface area contributed by atoms with Crippen LogP contribution in [-0.2, 0) is 15.5 Å². The highest BCUT2D eigenvalue weighted by molar-refractivity contribution is 8.04. The molecule has 0 bridgehead atoms. The van der Waals surface area contributed by atoms with Crippen LogP contribution in [0.5, 0.6) is 0 Å². The zero-order chi connectivity index (χ0) is 17.8. The Morgan fingerprint density at radius 2 is 2.04 bits per heavy atom. The monoisotopic (exact) mass is 344 g/mol. The molecule has 0 aliphatic rings. The molecule has 0 amide bonds. The van der Waals surface area contributed by atoms with Gasteiger partial charge in [0.25, 0.3) is 5.12 Å². The van der Waals surface area contributed by atoms with Crippen molar-refractivity contribution in [1.29, 1.82) is 0 Å². The fourth-order valence-corrected chi connectivity index (χ4v) is 2.96. The molecule has 1 rings (SSSR count). The lowest BCUT2D eigenvalue weighted by Gasteiger charge is -2.04. The molecule has 0 spiro atoms. The average molecular weight is 344 g/mol. The molecular weight excluding hydrogens is 320 g/mol. The van der Waals surface area contributed by atoms with Gasteiger partial charge in [0.15, 0.2) is 0 Å². The second kappa shape index (κ2) is 11.6. The molecule has 0 saturated heterocycles. The first-order chi connectivity index (χ1) is 11.6. The first-order valence-corrected chi connectivity index (χ1v) is 9.15. The van der Waals surface area contributed by atoms with Crippen molar-refractivity contribution in [3.63, 3.8) is 0 Å². The van der Waals surface area contributed by atoms with Crippen molar-refractivity contribution < 1.29 is 13.7 Å². The van der Waals surface area contributed by atoms with E-state index in [1.165, 1.54) is 0 Å². The van der Waals surface area contributed by atoms with Crippen molar-refractivity contribution in [3.05, 3.63) is 58.5 Å². The molecule has 0 aromatic heterocycles. The van der Waals surface area contributed by atoms with E-state index in [9.17, 15) is 9.00 Å². The van der Waals surface area contributed by atoms with E-state index < -0.39 is 10.8 Å². The van der Waals surface area contributed by atoms with Crippen molar-refractivity contribution in [2.45, 2.75) is 33.1 Å². The second-order valence-electron chi connectivity index (χ2n) is 5.29. The van der Waals surface area contributed by atoms with E-state index >= 15 is 0 Å². The SMILES string of the molecule is C#CCOC/C=C/C(=C/CCCC)S(=O)C(=O)c1ccc(C)cc1. The molecular formula is C20H24O3S. The summed E-state index contributed by atoms with van der Waals surface area (Å²) >= 11 is 0. The van der Waals surface area contributed by atoms with E-state index in [2.05, 4.69) is 12.8 Å². The number of terminal acetylenes is 1. The fourth-order valence-electron chi connectivity index (χ4n) is 1.91. The number of rotatable bonds is 9. The first kappa shape index (κ1) is 20.1. The maximum Gasteiger partial charge on any atom is 0.253 e. The lowest BCUT2D eigenvalue weighted by Crippen LogP contribution is -2.09. The van der Waals surface area contributed by atoms with Gasteiger partial charge >= 0.3 is 0 Å². The lowest BCUT2D eigenvalue weighted by molar-refractivity contribution is 0.108. The smallest absolute Gasteiger partial charge is 0.253 e. The third kappa shape index (κ3) is 7.08. The van der Waals surface area contributed by atoms with Crippen molar-refractivity contribution in [2.75, 3.05) is 13.2 Å². The highest BCUT2D eigenvalue weighted by atomic mass is 32.2. The van der Waals surface area contributed by atoms with Gasteiger partial charge in [-0.2, -0.15) is 0 Å². The second-order valence-corrected chi connectivity index (χ2v) is 6.67. The number of carbonyl (C=O) groups excluding carboxylic acids is 1. The number of hydrogen-bond donors (Lipinski definition) is 0. The normalized spacial score (nSPS) is 13.0. The van der Waals surface area contributed by atoms with Gasteiger partial charge in [-0.15, -0.1) is 6.42 Å². The fraction of sp³-hybridized carbons (Fsp3) is 0.350. The predicted molar refractivity (Wildman–Crippen MR) is 100 cm³/mol. The van der Waals surface area contributed by atoms with Gasteiger partial charge in [0.2, 0.25) is 0 Å². The summed E-state index contributed by atoms with van der Waals surface area (Å²) < 4.78 is 17.8. The van der Waals surface area contributed by atoms with Crippen LogP contribution in [0.1, 0.15) is 42.1 Å². The summed E-state index contributed by atoms with van der Waals surface area (Å²) in [6.07, 6.45) is 13.2. The minimum atomic E-state index is -1.73. The summed E-state index contributed by atoms with van der Waals surface area (Å²) in [5.74, 6) is 2.38. The molecule has 3 nitrogen and oxygen atoms in total. The molecule has 1 aromatic carbocycles. The standard InChI is InChI=1S/C20H24O3S/c1-4-6-7-9-19(10-8-16-23-15-5-2)24(22)20(21)18-13-11-17(3)12-14-18/h2,8-14H,4,6-7,15-16H2,1,3H3/b10-8+,19-9-. The Kier molecular flexibility index (Phi) is 9.67. The number of ether oxygens (including phenoxy) is 1. The topological polar surface area (TPSA) is 43.4 Å². The summed E-state index contributed by atoms with van der Waals surface area (Å²) in [7, 11) is -1.73. The number of benzene rings is 1. The molecule has 0 N–H and O–H groups in total. The molecule has 1 atom stereocenters. The van der Waals surface area contributed by atoms with E-state index in [4.69, 9.17) is 11.2 Å². The summed E-state index contributed by atoms with van der Waals surface area (Å²) in [6, 6.07) is 7.10. The van der Waals surface area contributed by atoms with Gasteiger partial charge in [0.1, 0.15) is 17.4 Å². The van der Waals surface area contributed by atoms with Gasteiger partial charge in [-0.1, -0.05) is 67.7 Å². The van der Waals surface area contributed by atoms with Crippen molar-refractivity contribution in [1.82, 2.24) is 0 Å². The predicted octanol–water partition coefficient (Wildman–Crippen LogP) is 4.16. The van der Waals surface area contributed by atoms with Crippen LogP contribution in [-0.4, -0.2) is 22.5 Å². The third-order valence-corrected chi connectivity index (χ3v) is 4.56. The zero-order valence-corrected chi connectivity index (χ0v) is 15.1. The summed E-state index contributed by atoms with van der Waals surface area (Å²) in [5.41, 5.74) is 1.51. The van der Waals surface area contributed by atoms with E-state index in [1.54, 1.807) is 24.3 Å². The van der Waals surface area contributed by atoms with Crippen LogP contribution in [0.25, 0.3) is 0 Å². The molecule has 0 saturated carbocycles. The van der Waals surface area contributed by atoms with Crippen LogP contribution in [0.3, 0.4) is 0 Å². The number of unbranched alkanes of at least 4 members (excludes halogenated alkanes) is 2. The number of carbonyl (C=O) groups is 1. The van der Waals surface area contributed by atoms with Gasteiger partial charge in [-0.3, -0.25) is 4.79 Å². The lowest BCUT2D eigenvalue weighted by atomic mass is 10.2. The Morgan fingerprint density at radius 1 is 1.33 bits per heavy atom. The number of aryl methyl sites for hydroxylation is 1. The molecule has 0 heterocycles. The third-order valence-electron chi connectivity index (χ3n) is 3.25. The van der Waals surface area contributed by atoms with Gasteiger partial charge in [-0.05, 0) is 19.4 Å². The zero-order valence-electron chi connectivity index (χ0n) is 14.3.